The Morgan fingerprint density at radius 1 is 0.875 bits per heavy atom. The van der Waals surface area contributed by atoms with Crippen molar-refractivity contribution in [1.29, 1.82) is 0 Å². The van der Waals surface area contributed by atoms with Crippen molar-refractivity contribution in [3.63, 3.8) is 0 Å². The molecule has 2 heterocycles. The van der Waals surface area contributed by atoms with Crippen LogP contribution in [0.2, 0.25) is 0 Å². The van der Waals surface area contributed by atoms with Crippen LogP contribution in [0, 0.1) is 6.92 Å². The molecule has 4 aromatic rings. The van der Waals surface area contributed by atoms with Gasteiger partial charge >= 0.3 is 0 Å². The first kappa shape index (κ1) is 29.6. The zero-order valence-corrected chi connectivity index (χ0v) is 25.2. The van der Waals surface area contributed by atoms with E-state index in [2.05, 4.69) is 114 Å². The van der Waals surface area contributed by atoms with Gasteiger partial charge in [0.15, 0.2) is 0 Å². The topological polar surface area (TPSA) is 64.3 Å². The van der Waals surface area contributed by atoms with Gasteiger partial charge in [-0.15, -0.1) is 0 Å². The van der Waals surface area contributed by atoms with Crippen LogP contribution >= 0.6 is 23.1 Å². The summed E-state index contributed by atoms with van der Waals surface area (Å²) in [4.78, 5) is 3.52. The van der Waals surface area contributed by atoms with Crippen LogP contribution in [0.3, 0.4) is 0 Å². The van der Waals surface area contributed by atoms with Gasteiger partial charge in [0.2, 0.25) is 5.52 Å². The lowest BCUT2D eigenvalue weighted by Crippen LogP contribution is -2.33. The molecule has 1 aliphatic heterocycles. The lowest BCUT2D eigenvalue weighted by molar-refractivity contribution is -0.665. The van der Waals surface area contributed by atoms with Crippen LogP contribution < -0.4 is 9.47 Å². The molecule has 0 saturated heterocycles. The molecule has 0 amide bonds. The maximum absolute atomic E-state index is 10.4. The van der Waals surface area contributed by atoms with Crippen molar-refractivity contribution in [2.24, 2.45) is 0 Å². The fourth-order valence-electron chi connectivity index (χ4n) is 4.18. The third-order valence-electron chi connectivity index (χ3n) is 6.14. The monoisotopic (exact) mass is 588 g/mol. The van der Waals surface area contributed by atoms with Crippen molar-refractivity contribution < 1.29 is 17.5 Å². The van der Waals surface area contributed by atoms with Gasteiger partial charge in [-0.1, -0.05) is 95.4 Å². The van der Waals surface area contributed by atoms with Gasteiger partial charge in [0.05, 0.1) is 15.6 Å². The van der Waals surface area contributed by atoms with Crippen molar-refractivity contribution in [3.8, 4) is 0 Å². The van der Waals surface area contributed by atoms with Gasteiger partial charge in [-0.3, -0.25) is 0 Å². The van der Waals surface area contributed by atoms with Gasteiger partial charge < -0.3 is 9.45 Å². The Hall–Kier alpha value is -3.43. The molecule has 0 atom stereocenters. The van der Waals surface area contributed by atoms with Crippen LogP contribution in [0.1, 0.15) is 24.4 Å². The Kier molecular flexibility index (Phi) is 10.2. The van der Waals surface area contributed by atoms with E-state index < -0.39 is 10.1 Å². The minimum absolute atomic E-state index is 0.178. The molecular weight excluding hydrogens is 557 g/mol. The van der Waals surface area contributed by atoms with Gasteiger partial charge in [-0.2, -0.15) is 4.57 Å². The van der Waals surface area contributed by atoms with E-state index in [1.165, 1.54) is 43.0 Å². The Morgan fingerprint density at radius 3 is 2.27 bits per heavy atom. The highest BCUT2D eigenvalue weighted by atomic mass is 32.2. The van der Waals surface area contributed by atoms with Crippen LogP contribution in [-0.4, -0.2) is 19.5 Å². The molecule has 0 fully saturated rings. The first-order valence-electron chi connectivity index (χ1n) is 13.0. The lowest BCUT2D eigenvalue weighted by Gasteiger charge is -2.17. The molecule has 1 aromatic heterocycles. The maximum Gasteiger partial charge on any atom is 0.262 e. The fourth-order valence-corrected chi connectivity index (χ4v) is 6.93. The highest BCUT2D eigenvalue weighted by molar-refractivity contribution is 8.03. The fraction of sp³-hybridized carbons (Fsp3) is 0.156. The van der Waals surface area contributed by atoms with E-state index in [0.717, 1.165) is 18.7 Å². The number of hydrogen-bond acceptors (Lipinski definition) is 6. The number of para-hydroxylation sites is 2. The van der Waals surface area contributed by atoms with E-state index in [-0.39, 0.29) is 4.90 Å². The Balaban J connectivity index is 0.000000283. The van der Waals surface area contributed by atoms with Crippen LogP contribution in [-0.2, 0) is 16.7 Å². The van der Waals surface area contributed by atoms with Gasteiger partial charge in [0, 0.05) is 23.6 Å². The molecule has 0 bridgehead atoms. The van der Waals surface area contributed by atoms with E-state index in [0.29, 0.717) is 0 Å². The van der Waals surface area contributed by atoms with E-state index in [1.807, 2.05) is 30.0 Å². The molecular formula is C32H32N2O3S3. The van der Waals surface area contributed by atoms with Crippen molar-refractivity contribution in [2.75, 3.05) is 11.4 Å². The van der Waals surface area contributed by atoms with E-state index in [9.17, 15) is 13.0 Å². The molecule has 0 saturated carbocycles. The van der Waals surface area contributed by atoms with Crippen LogP contribution in [0.25, 0.3) is 16.3 Å². The van der Waals surface area contributed by atoms with E-state index >= 15 is 0 Å². The Morgan fingerprint density at radius 2 is 1.55 bits per heavy atom. The van der Waals surface area contributed by atoms with Crippen LogP contribution in [0.4, 0.5) is 5.69 Å². The smallest absolute Gasteiger partial charge is 0.262 e. The summed E-state index contributed by atoms with van der Waals surface area (Å²) in [6, 6.07) is 23.0. The number of fused-ring (bicyclic) bond motifs is 2. The number of allylic oxidation sites excluding steroid dienone is 6. The van der Waals surface area contributed by atoms with E-state index in [4.69, 9.17) is 0 Å². The van der Waals surface area contributed by atoms with Crippen molar-refractivity contribution >= 4 is 55.2 Å². The minimum Gasteiger partial charge on any atom is -0.744 e. The molecule has 0 radical (unpaired) electrons. The number of hydrogen-bond donors (Lipinski definition) is 0. The molecule has 0 N–H and O–H groups in total. The molecule has 5 rings (SSSR count). The van der Waals surface area contributed by atoms with Gasteiger partial charge in [-0.05, 0) is 57.2 Å². The van der Waals surface area contributed by atoms with Crippen molar-refractivity contribution in [1.82, 2.24) is 0 Å². The summed E-state index contributed by atoms with van der Waals surface area (Å²) in [6.45, 7) is 8.17. The second-order valence-corrected chi connectivity index (χ2v) is 12.4. The predicted octanol–water partition coefficient (Wildman–Crippen LogP) is 7.71. The SMILES string of the molecule is CCN1C(=CC=CC=CC=Cc2sc3ccccc3[n+]2CC)Sc2ccccc21.Cc1ccc(S(=O)(=O)[O-])cc1. The lowest BCUT2D eigenvalue weighted by atomic mass is 10.2. The summed E-state index contributed by atoms with van der Waals surface area (Å²) in [6.07, 6.45) is 14.9. The maximum atomic E-state index is 10.4. The summed E-state index contributed by atoms with van der Waals surface area (Å²) in [5.41, 5.74) is 3.55. The third kappa shape index (κ3) is 7.40. The number of benzene rings is 3. The largest absolute Gasteiger partial charge is 0.744 e. The molecule has 3 aromatic carbocycles. The summed E-state index contributed by atoms with van der Waals surface area (Å²) in [5, 5.41) is 2.56. The molecule has 1 aliphatic rings. The highest BCUT2D eigenvalue weighted by Gasteiger charge is 2.22. The van der Waals surface area contributed by atoms with Gasteiger partial charge in [0.1, 0.15) is 21.4 Å². The van der Waals surface area contributed by atoms with E-state index in [1.54, 1.807) is 12.1 Å². The summed E-state index contributed by atoms with van der Waals surface area (Å²) >= 11 is 3.67. The van der Waals surface area contributed by atoms with Gasteiger partial charge in [-0.25, -0.2) is 8.42 Å². The van der Waals surface area contributed by atoms with Crippen LogP contribution in [0.5, 0.6) is 0 Å². The predicted molar refractivity (Wildman–Crippen MR) is 168 cm³/mol. The normalized spacial score (nSPS) is 14.5. The summed E-state index contributed by atoms with van der Waals surface area (Å²) in [5.74, 6) is 0. The first-order valence-corrected chi connectivity index (χ1v) is 16.1. The second-order valence-electron chi connectivity index (χ2n) is 8.87. The third-order valence-corrected chi connectivity index (χ3v) is 9.25. The second kappa shape index (κ2) is 13.8. The molecule has 5 nitrogen and oxygen atoms in total. The van der Waals surface area contributed by atoms with Crippen molar-refractivity contribution in [2.45, 2.75) is 37.1 Å². The number of thiazole rings is 1. The number of aryl methyl sites for hydroxylation is 2. The standard InChI is InChI=1S/C25H25N2S2.C7H8O3S/c1-3-26-20-14-10-12-16-22(20)28-24(26)18-8-6-5-7-9-19-25-27(4-2)21-15-11-13-17-23(21)29-25;1-6-2-4-7(5-3-6)11(8,9)10/h5-19H,3-4H2,1-2H3;2-5H,1H3,(H,8,9,10)/q+1;/p-1. The Bertz CT molecular complexity index is 1680. The summed E-state index contributed by atoms with van der Waals surface area (Å²) < 4.78 is 34.9. The molecule has 0 aliphatic carbocycles. The molecule has 8 heteroatoms. The molecule has 0 spiro atoms. The Labute approximate surface area is 245 Å². The number of thioether (sulfide) groups is 1. The number of anilines is 1. The quantitative estimate of drug-likeness (QED) is 0.126. The average molecular weight is 589 g/mol. The zero-order chi connectivity index (χ0) is 28.5. The number of nitrogens with zero attached hydrogens (tertiary/aromatic N) is 2. The van der Waals surface area contributed by atoms with Crippen molar-refractivity contribution in [3.05, 3.63) is 125 Å². The number of aromatic nitrogens is 1. The highest BCUT2D eigenvalue weighted by Crippen LogP contribution is 2.45. The molecule has 206 valence electrons. The number of rotatable bonds is 7. The first-order chi connectivity index (χ1) is 19.3. The zero-order valence-electron chi connectivity index (χ0n) is 22.7. The minimum atomic E-state index is -4.27. The summed E-state index contributed by atoms with van der Waals surface area (Å²) in [7, 11) is -4.27. The average Bonchev–Trinajstić information content (AvgIpc) is 3.49. The molecule has 40 heavy (non-hydrogen) atoms. The molecule has 0 unspecified atom stereocenters. The van der Waals surface area contributed by atoms with Gasteiger partial charge in [0.25, 0.3) is 5.01 Å². The van der Waals surface area contributed by atoms with Crippen LogP contribution in [0.15, 0.2) is 124 Å².